The topological polar surface area (TPSA) is 110 Å². The predicted octanol–water partition coefficient (Wildman–Crippen LogP) is 3.26. The summed E-state index contributed by atoms with van der Waals surface area (Å²) in [4.78, 5) is 25.4. The molecule has 4 rings (SSSR count). The molecular weight excluding hydrogens is 396 g/mol. The number of carbonyl (C=O) groups is 1. The number of primary amides is 1. The smallest absolute Gasteiger partial charge is 0.223 e. The van der Waals surface area contributed by atoms with Crippen LogP contribution in [0, 0.1) is 0 Å². The molecular formula is C19H15ClN6OS. The fourth-order valence-electron chi connectivity index (χ4n) is 2.78. The zero-order valence-corrected chi connectivity index (χ0v) is 16.2. The van der Waals surface area contributed by atoms with Crippen molar-refractivity contribution in [3.63, 3.8) is 0 Å². The summed E-state index contributed by atoms with van der Waals surface area (Å²) in [5.41, 5.74) is 8.74. The van der Waals surface area contributed by atoms with Gasteiger partial charge in [-0.25, -0.2) is 9.97 Å². The van der Waals surface area contributed by atoms with Crippen LogP contribution in [0.3, 0.4) is 0 Å². The Morgan fingerprint density at radius 1 is 1.18 bits per heavy atom. The SMILES string of the molecule is NC(=O)Cc1cc(-c2nc(Cc3ccc(Cl)cc3)c(-c3ncn[nH]3)s2)ccn1. The number of H-pyrrole nitrogens is 1. The van der Waals surface area contributed by atoms with Gasteiger partial charge < -0.3 is 5.73 Å². The van der Waals surface area contributed by atoms with E-state index in [0.29, 0.717) is 23.0 Å². The van der Waals surface area contributed by atoms with Crippen LogP contribution < -0.4 is 5.73 Å². The number of thiazole rings is 1. The van der Waals surface area contributed by atoms with Gasteiger partial charge >= 0.3 is 0 Å². The maximum atomic E-state index is 11.2. The number of halogens is 1. The van der Waals surface area contributed by atoms with Gasteiger partial charge in [0.05, 0.1) is 22.7 Å². The molecule has 0 fully saturated rings. The second-order valence-electron chi connectivity index (χ2n) is 6.11. The highest BCUT2D eigenvalue weighted by Crippen LogP contribution is 2.35. The number of aromatic amines is 1. The number of nitrogens with zero attached hydrogens (tertiary/aromatic N) is 4. The van der Waals surface area contributed by atoms with Crippen LogP contribution in [0.5, 0.6) is 0 Å². The number of aromatic nitrogens is 5. The van der Waals surface area contributed by atoms with E-state index in [4.69, 9.17) is 22.3 Å². The highest BCUT2D eigenvalue weighted by Gasteiger charge is 2.17. The van der Waals surface area contributed by atoms with Crippen LogP contribution in [-0.2, 0) is 17.6 Å². The summed E-state index contributed by atoms with van der Waals surface area (Å²) in [5, 5.41) is 8.36. The molecule has 0 unspecified atom stereocenters. The largest absolute Gasteiger partial charge is 0.369 e. The molecule has 0 bridgehead atoms. The fraction of sp³-hybridized carbons (Fsp3) is 0.105. The Labute approximate surface area is 169 Å². The number of pyridine rings is 1. The van der Waals surface area contributed by atoms with Gasteiger partial charge in [0.15, 0.2) is 5.82 Å². The first-order valence-electron chi connectivity index (χ1n) is 8.42. The van der Waals surface area contributed by atoms with Crippen molar-refractivity contribution in [2.45, 2.75) is 12.8 Å². The van der Waals surface area contributed by atoms with Crippen LogP contribution in [0.2, 0.25) is 5.02 Å². The number of rotatable bonds is 6. The summed E-state index contributed by atoms with van der Waals surface area (Å²) < 4.78 is 0. The van der Waals surface area contributed by atoms with Crippen LogP contribution in [0.4, 0.5) is 0 Å². The second kappa shape index (κ2) is 7.87. The molecule has 0 aliphatic heterocycles. The van der Waals surface area contributed by atoms with Crippen LogP contribution in [0.15, 0.2) is 48.9 Å². The highest BCUT2D eigenvalue weighted by atomic mass is 35.5. The Morgan fingerprint density at radius 3 is 2.71 bits per heavy atom. The van der Waals surface area contributed by atoms with Gasteiger partial charge in [-0.2, -0.15) is 5.10 Å². The van der Waals surface area contributed by atoms with Gasteiger partial charge in [-0.05, 0) is 29.8 Å². The van der Waals surface area contributed by atoms with E-state index in [0.717, 1.165) is 26.7 Å². The molecule has 0 aliphatic carbocycles. The monoisotopic (exact) mass is 410 g/mol. The molecule has 3 heterocycles. The lowest BCUT2D eigenvalue weighted by atomic mass is 10.1. The molecule has 4 aromatic rings. The third-order valence-corrected chi connectivity index (χ3v) is 5.44. The molecule has 28 heavy (non-hydrogen) atoms. The maximum absolute atomic E-state index is 11.2. The van der Waals surface area contributed by atoms with Gasteiger partial charge in [-0.1, -0.05) is 23.7 Å². The number of amides is 1. The van der Waals surface area contributed by atoms with Crippen molar-refractivity contribution in [1.82, 2.24) is 25.1 Å². The van der Waals surface area contributed by atoms with E-state index in [1.54, 1.807) is 6.20 Å². The van der Waals surface area contributed by atoms with Gasteiger partial charge in [0.1, 0.15) is 11.3 Å². The van der Waals surface area contributed by atoms with Crippen molar-refractivity contribution in [3.05, 3.63) is 70.9 Å². The van der Waals surface area contributed by atoms with Crippen molar-refractivity contribution in [2.75, 3.05) is 0 Å². The van der Waals surface area contributed by atoms with Crippen molar-refractivity contribution >= 4 is 28.8 Å². The molecule has 7 nitrogen and oxygen atoms in total. The normalized spacial score (nSPS) is 10.9. The number of benzene rings is 1. The summed E-state index contributed by atoms with van der Waals surface area (Å²) in [6.45, 7) is 0. The van der Waals surface area contributed by atoms with E-state index in [1.807, 2.05) is 36.4 Å². The van der Waals surface area contributed by atoms with Crippen LogP contribution in [0.1, 0.15) is 17.0 Å². The molecule has 0 aliphatic rings. The summed E-state index contributed by atoms with van der Waals surface area (Å²) in [7, 11) is 0. The Balaban J connectivity index is 1.73. The molecule has 0 saturated carbocycles. The molecule has 0 spiro atoms. The predicted molar refractivity (Wildman–Crippen MR) is 108 cm³/mol. The van der Waals surface area contributed by atoms with E-state index >= 15 is 0 Å². The van der Waals surface area contributed by atoms with Gasteiger partial charge in [-0.15, -0.1) is 11.3 Å². The van der Waals surface area contributed by atoms with E-state index in [1.165, 1.54) is 17.7 Å². The number of hydrogen-bond donors (Lipinski definition) is 2. The zero-order chi connectivity index (χ0) is 19.5. The van der Waals surface area contributed by atoms with E-state index in [2.05, 4.69) is 20.2 Å². The Bertz CT molecular complexity index is 1110. The van der Waals surface area contributed by atoms with Crippen molar-refractivity contribution in [3.8, 4) is 21.3 Å². The molecule has 1 aromatic carbocycles. The summed E-state index contributed by atoms with van der Waals surface area (Å²) >= 11 is 7.49. The average molecular weight is 411 g/mol. The fourth-order valence-corrected chi connectivity index (χ4v) is 3.93. The minimum atomic E-state index is -0.422. The van der Waals surface area contributed by atoms with Crippen LogP contribution >= 0.6 is 22.9 Å². The molecule has 1 amide bonds. The Kier molecular flexibility index (Phi) is 5.14. The van der Waals surface area contributed by atoms with Gasteiger partial charge in [0, 0.05) is 23.2 Å². The quantitative estimate of drug-likeness (QED) is 0.506. The number of hydrogen-bond acceptors (Lipinski definition) is 6. The third kappa shape index (κ3) is 4.08. The standard InChI is InChI=1S/C19H15ClN6OS/c20-13-3-1-11(2-4-13)7-15-17(18-23-10-24-26-18)28-19(25-15)12-5-6-22-14(8-12)9-16(21)27/h1-6,8,10H,7,9H2,(H2,21,27)(H,23,24,26). The first-order chi connectivity index (χ1) is 13.6. The van der Waals surface area contributed by atoms with Crippen LogP contribution in [-0.4, -0.2) is 31.1 Å². The first-order valence-corrected chi connectivity index (χ1v) is 9.61. The first kappa shape index (κ1) is 18.3. The van der Waals surface area contributed by atoms with Crippen molar-refractivity contribution in [2.24, 2.45) is 5.73 Å². The molecule has 3 aromatic heterocycles. The number of carbonyl (C=O) groups excluding carboxylic acids is 1. The van der Waals surface area contributed by atoms with Crippen LogP contribution in [0.25, 0.3) is 21.3 Å². The van der Waals surface area contributed by atoms with Crippen molar-refractivity contribution < 1.29 is 4.79 Å². The minimum Gasteiger partial charge on any atom is -0.369 e. The third-order valence-electron chi connectivity index (χ3n) is 4.03. The summed E-state index contributed by atoms with van der Waals surface area (Å²) in [6, 6.07) is 11.4. The van der Waals surface area contributed by atoms with Crippen molar-refractivity contribution in [1.29, 1.82) is 0 Å². The lowest BCUT2D eigenvalue weighted by Gasteiger charge is -2.01. The molecule has 0 saturated heterocycles. The van der Waals surface area contributed by atoms with Gasteiger partial charge in [-0.3, -0.25) is 14.9 Å². The molecule has 9 heteroatoms. The summed E-state index contributed by atoms with van der Waals surface area (Å²) in [6.07, 6.45) is 3.84. The lowest BCUT2D eigenvalue weighted by molar-refractivity contribution is -0.117. The minimum absolute atomic E-state index is 0.0891. The highest BCUT2D eigenvalue weighted by molar-refractivity contribution is 7.18. The lowest BCUT2D eigenvalue weighted by Crippen LogP contribution is -2.14. The number of nitrogens with two attached hydrogens (primary N) is 1. The molecule has 0 atom stereocenters. The average Bonchev–Trinajstić information content (AvgIpc) is 3.33. The maximum Gasteiger partial charge on any atom is 0.223 e. The Hall–Kier alpha value is -3.10. The number of nitrogens with one attached hydrogen (secondary N) is 1. The van der Waals surface area contributed by atoms with E-state index in [9.17, 15) is 4.79 Å². The zero-order valence-electron chi connectivity index (χ0n) is 14.6. The Morgan fingerprint density at radius 2 is 2.00 bits per heavy atom. The molecule has 3 N–H and O–H groups in total. The molecule has 140 valence electrons. The molecule has 0 radical (unpaired) electrons. The van der Waals surface area contributed by atoms with Gasteiger partial charge in [0.25, 0.3) is 0 Å². The van der Waals surface area contributed by atoms with E-state index < -0.39 is 5.91 Å². The second-order valence-corrected chi connectivity index (χ2v) is 7.55. The summed E-state index contributed by atoms with van der Waals surface area (Å²) in [5.74, 6) is 0.244. The van der Waals surface area contributed by atoms with E-state index in [-0.39, 0.29) is 6.42 Å². The van der Waals surface area contributed by atoms with Gasteiger partial charge in [0.2, 0.25) is 5.91 Å².